The molecule has 0 bridgehead atoms. The van der Waals surface area contributed by atoms with Crippen LogP contribution in [0, 0.1) is 0 Å². The highest BCUT2D eigenvalue weighted by Crippen LogP contribution is 2.23. The summed E-state index contributed by atoms with van der Waals surface area (Å²) in [5.41, 5.74) is 2.88. The second-order valence-corrected chi connectivity index (χ2v) is 7.72. The lowest BCUT2D eigenvalue weighted by molar-refractivity contribution is -0.147. The van der Waals surface area contributed by atoms with E-state index in [-0.39, 0.29) is 13.0 Å². The molecule has 0 saturated carbocycles. The predicted octanol–water partition coefficient (Wildman–Crippen LogP) is 3.81. The number of nitrogens with one attached hydrogen (secondary N) is 1. The van der Waals surface area contributed by atoms with E-state index in [4.69, 9.17) is 4.74 Å². The molecule has 0 atom stereocenters. The lowest BCUT2D eigenvalue weighted by atomic mass is 10.2. The fourth-order valence-electron chi connectivity index (χ4n) is 2.72. The molecule has 4 rings (SSSR count). The molecule has 2 heterocycles. The Morgan fingerprint density at radius 3 is 2.79 bits per heavy atom. The van der Waals surface area contributed by atoms with Crippen LogP contribution in [0.5, 0.6) is 0 Å². The molecule has 0 spiro atoms. The van der Waals surface area contributed by atoms with Gasteiger partial charge in [0.05, 0.1) is 32.6 Å². The summed E-state index contributed by atoms with van der Waals surface area (Å²) < 4.78 is 14.5. The van der Waals surface area contributed by atoms with Crippen molar-refractivity contribution < 1.29 is 14.3 Å². The number of fused-ring (bicyclic) bond motifs is 2. The summed E-state index contributed by atoms with van der Waals surface area (Å²) in [4.78, 5) is 28.5. The quantitative estimate of drug-likeness (QED) is 0.464. The van der Waals surface area contributed by atoms with Crippen LogP contribution in [0.15, 0.2) is 42.5 Å². The van der Waals surface area contributed by atoms with Gasteiger partial charge in [0.25, 0.3) is 5.91 Å². The highest BCUT2D eigenvalue weighted by Gasteiger charge is 2.12. The third kappa shape index (κ3) is 4.32. The van der Waals surface area contributed by atoms with Crippen molar-refractivity contribution in [2.75, 3.05) is 11.9 Å². The Hall–Kier alpha value is -2.91. The molecule has 0 aliphatic rings. The molecule has 2 aromatic heterocycles. The molecular formula is C19H16N4O3S2. The van der Waals surface area contributed by atoms with Crippen molar-refractivity contribution in [2.24, 2.45) is 0 Å². The third-order valence-electron chi connectivity index (χ3n) is 4.03. The number of hydrogen-bond donors (Lipinski definition) is 1. The van der Waals surface area contributed by atoms with Crippen molar-refractivity contribution in [2.45, 2.75) is 19.3 Å². The first-order valence-corrected chi connectivity index (χ1v) is 10.2. The number of esters is 1. The van der Waals surface area contributed by atoms with E-state index in [0.717, 1.165) is 32.5 Å². The second kappa shape index (κ2) is 8.41. The van der Waals surface area contributed by atoms with Crippen LogP contribution in [0.2, 0.25) is 0 Å². The average molecular weight is 412 g/mol. The monoisotopic (exact) mass is 412 g/mol. The molecule has 4 aromatic rings. The molecule has 9 heteroatoms. The zero-order valence-corrected chi connectivity index (χ0v) is 16.4. The Morgan fingerprint density at radius 2 is 1.89 bits per heavy atom. The minimum Gasteiger partial charge on any atom is -0.456 e. The fraction of sp³-hybridized carbons (Fsp3) is 0.211. The minimum absolute atomic E-state index is 0.245. The molecule has 0 fully saturated rings. The molecule has 0 aliphatic heterocycles. The fourth-order valence-corrected chi connectivity index (χ4v) is 4.28. The van der Waals surface area contributed by atoms with Gasteiger partial charge in [0, 0.05) is 6.42 Å². The van der Waals surface area contributed by atoms with Crippen molar-refractivity contribution in [3.63, 3.8) is 0 Å². The maximum absolute atomic E-state index is 12.0. The maximum Gasteiger partial charge on any atom is 0.306 e. The Kier molecular flexibility index (Phi) is 5.54. The van der Waals surface area contributed by atoms with Crippen LogP contribution in [0.25, 0.3) is 21.3 Å². The second-order valence-electron chi connectivity index (χ2n) is 6.08. The van der Waals surface area contributed by atoms with Crippen molar-refractivity contribution in [3.8, 4) is 0 Å². The van der Waals surface area contributed by atoms with Gasteiger partial charge in [-0.05, 0) is 37.1 Å². The molecule has 1 amide bonds. The van der Waals surface area contributed by atoms with Crippen LogP contribution >= 0.6 is 23.1 Å². The van der Waals surface area contributed by atoms with Gasteiger partial charge in [-0.3, -0.25) is 9.59 Å². The van der Waals surface area contributed by atoms with Gasteiger partial charge < -0.3 is 10.1 Å². The number of aryl methyl sites for hydroxylation is 1. The van der Waals surface area contributed by atoms with Crippen LogP contribution in [-0.2, 0) is 20.7 Å². The Bertz CT molecular complexity index is 1110. The maximum atomic E-state index is 12.0. The topological polar surface area (TPSA) is 94.1 Å². The molecule has 0 saturated heterocycles. The Morgan fingerprint density at radius 1 is 1.04 bits per heavy atom. The molecule has 0 unspecified atom stereocenters. The lowest BCUT2D eigenvalue weighted by Gasteiger charge is -2.06. The smallest absolute Gasteiger partial charge is 0.306 e. The number of benzene rings is 2. The van der Waals surface area contributed by atoms with Gasteiger partial charge in [0.15, 0.2) is 6.61 Å². The normalized spacial score (nSPS) is 11.0. The standard InChI is InChI=1S/C19H16N4O3S2/c24-16(20-13-6-3-7-14-19(13)23-28-22-14)11-26-18(25)10-4-9-17-21-12-5-1-2-8-15(12)27-17/h1-3,5-8H,4,9-11H2,(H,20,24). The van der Waals surface area contributed by atoms with E-state index in [1.54, 1.807) is 23.5 Å². The summed E-state index contributed by atoms with van der Waals surface area (Å²) in [5, 5.41) is 3.70. The van der Waals surface area contributed by atoms with Gasteiger partial charge in [-0.2, -0.15) is 8.75 Å². The van der Waals surface area contributed by atoms with Gasteiger partial charge in [-0.1, -0.05) is 18.2 Å². The van der Waals surface area contributed by atoms with Crippen molar-refractivity contribution in [1.29, 1.82) is 0 Å². The molecule has 7 nitrogen and oxygen atoms in total. The van der Waals surface area contributed by atoms with E-state index < -0.39 is 11.9 Å². The first-order chi connectivity index (χ1) is 13.7. The Balaban J connectivity index is 1.22. The van der Waals surface area contributed by atoms with Gasteiger partial charge in [0.1, 0.15) is 11.0 Å². The van der Waals surface area contributed by atoms with Crippen LogP contribution in [0.4, 0.5) is 5.69 Å². The van der Waals surface area contributed by atoms with E-state index in [2.05, 4.69) is 19.0 Å². The number of thiazole rings is 1. The SMILES string of the molecule is O=C(COC(=O)CCCc1nc2ccccc2s1)Nc1cccc2nsnc12. The van der Waals surface area contributed by atoms with Crippen molar-refractivity contribution in [1.82, 2.24) is 13.7 Å². The van der Waals surface area contributed by atoms with Crippen LogP contribution < -0.4 is 5.32 Å². The molecule has 2 aromatic carbocycles. The minimum atomic E-state index is -0.403. The number of aromatic nitrogens is 3. The van der Waals surface area contributed by atoms with Crippen LogP contribution in [-0.4, -0.2) is 32.2 Å². The molecule has 0 aliphatic carbocycles. The van der Waals surface area contributed by atoms with Gasteiger partial charge >= 0.3 is 5.97 Å². The number of rotatable bonds is 7. The number of nitrogens with zero attached hydrogens (tertiary/aromatic N) is 3. The third-order valence-corrected chi connectivity index (χ3v) is 5.67. The number of para-hydroxylation sites is 1. The van der Waals surface area contributed by atoms with E-state index in [0.29, 0.717) is 24.0 Å². The summed E-state index contributed by atoms with van der Waals surface area (Å²) in [6.07, 6.45) is 1.58. The van der Waals surface area contributed by atoms with Gasteiger partial charge in [0.2, 0.25) is 0 Å². The summed E-state index contributed by atoms with van der Waals surface area (Å²) in [5.74, 6) is -0.801. The largest absolute Gasteiger partial charge is 0.456 e. The molecular weight excluding hydrogens is 396 g/mol. The zero-order chi connectivity index (χ0) is 19.3. The zero-order valence-electron chi connectivity index (χ0n) is 14.8. The van der Waals surface area contributed by atoms with E-state index in [1.807, 2.05) is 30.3 Å². The summed E-state index contributed by atoms with van der Waals surface area (Å²) in [7, 11) is 0. The molecule has 142 valence electrons. The number of anilines is 1. The lowest BCUT2D eigenvalue weighted by Crippen LogP contribution is -2.21. The molecule has 28 heavy (non-hydrogen) atoms. The highest BCUT2D eigenvalue weighted by molar-refractivity contribution is 7.18. The number of amides is 1. The van der Waals surface area contributed by atoms with Gasteiger partial charge in [-0.25, -0.2) is 4.98 Å². The first-order valence-electron chi connectivity index (χ1n) is 8.70. The number of carbonyl (C=O) groups excluding carboxylic acids is 2. The molecule has 1 N–H and O–H groups in total. The van der Waals surface area contributed by atoms with Crippen molar-refractivity contribution >= 4 is 61.9 Å². The summed E-state index contributed by atoms with van der Waals surface area (Å²) >= 11 is 2.71. The summed E-state index contributed by atoms with van der Waals surface area (Å²) in [6.45, 7) is -0.325. The highest BCUT2D eigenvalue weighted by atomic mass is 32.1. The van der Waals surface area contributed by atoms with E-state index in [9.17, 15) is 9.59 Å². The predicted molar refractivity (Wildman–Crippen MR) is 110 cm³/mol. The summed E-state index contributed by atoms with van der Waals surface area (Å²) in [6, 6.07) is 13.3. The number of carbonyl (C=O) groups is 2. The van der Waals surface area contributed by atoms with E-state index in [1.165, 1.54) is 0 Å². The number of ether oxygens (including phenoxy) is 1. The van der Waals surface area contributed by atoms with Crippen LogP contribution in [0.3, 0.4) is 0 Å². The number of hydrogen-bond acceptors (Lipinski definition) is 8. The Labute approximate surface area is 168 Å². The first kappa shape index (κ1) is 18.5. The van der Waals surface area contributed by atoms with Gasteiger partial charge in [-0.15, -0.1) is 11.3 Å². The van der Waals surface area contributed by atoms with Crippen molar-refractivity contribution in [3.05, 3.63) is 47.5 Å². The average Bonchev–Trinajstić information content (AvgIpc) is 3.33. The van der Waals surface area contributed by atoms with E-state index >= 15 is 0 Å². The molecule has 0 radical (unpaired) electrons. The van der Waals surface area contributed by atoms with Crippen LogP contribution in [0.1, 0.15) is 17.8 Å².